The van der Waals surface area contributed by atoms with Crippen molar-refractivity contribution in [1.29, 1.82) is 5.26 Å². The van der Waals surface area contributed by atoms with Gasteiger partial charge in [-0.15, -0.1) is 11.3 Å². The molecule has 5 heteroatoms. The van der Waals surface area contributed by atoms with Crippen molar-refractivity contribution in [2.24, 2.45) is 0 Å². The van der Waals surface area contributed by atoms with Crippen molar-refractivity contribution in [2.75, 3.05) is 13.7 Å². The summed E-state index contributed by atoms with van der Waals surface area (Å²) in [7, 11) is 1.59. The van der Waals surface area contributed by atoms with E-state index in [0.29, 0.717) is 23.7 Å². The van der Waals surface area contributed by atoms with Gasteiger partial charge >= 0.3 is 0 Å². The number of aromatic nitrogens is 1. The summed E-state index contributed by atoms with van der Waals surface area (Å²) in [6.45, 7) is 2.50. The quantitative estimate of drug-likeness (QED) is 0.841. The summed E-state index contributed by atoms with van der Waals surface area (Å²) in [4.78, 5) is 5.40. The van der Waals surface area contributed by atoms with Gasteiger partial charge in [0, 0.05) is 17.4 Å². The zero-order valence-corrected chi connectivity index (χ0v) is 11.7. The molecule has 1 heterocycles. The van der Waals surface area contributed by atoms with Crippen LogP contribution < -0.4 is 9.47 Å². The van der Waals surface area contributed by atoms with Crippen LogP contribution in [0.25, 0.3) is 0 Å². The molecule has 1 aromatic heterocycles. The smallest absolute Gasteiger partial charge is 0.140 e. The molecule has 0 aliphatic carbocycles. The lowest BCUT2D eigenvalue weighted by Gasteiger charge is -2.09. The van der Waals surface area contributed by atoms with Crippen molar-refractivity contribution < 1.29 is 9.47 Å². The van der Waals surface area contributed by atoms with Crippen LogP contribution in [0.4, 0.5) is 0 Å². The average molecular weight is 274 g/mol. The first kappa shape index (κ1) is 13.4. The molecule has 2 rings (SSSR count). The first-order valence-electron chi connectivity index (χ1n) is 5.84. The maximum atomic E-state index is 9.03. The summed E-state index contributed by atoms with van der Waals surface area (Å²) in [5, 5.41) is 9.03. The number of nitriles is 1. The van der Waals surface area contributed by atoms with E-state index in [1.807, 2.05) is 12.4 Å². The second-order valence-electron chi connectivity index (χ2n) is 3.93. The van der Waals surface area contributed by atoms with Crippen LogP contribution in [0.3, 0.4) is 0 Å². The minimum absolute atomic E-state index is 0.516. The van der Waals surface area contributed by atoms with Crippen LogP contribution in [-0.4, -0.2) is 18.7 Å². The van der Waals surface area contributed by atoms with Gasteiger partial charge in [0.2, 0.25) is 0 Å². The van der Waals surface area contributed by atoms with Crippen molar-refractivity contribution in [3.05, 3.63) is 39.8 Å². The molecule has 0 aliphatic rings. The van der Waals surface area contributed by atoms with E-state index < -0.39 is 0 Å². The number of benzene rings is 1. The number of nitrogens with zero attached hydrogens (tertiary/aromatic N) is 2. The van der Waals surface area contributed by atoms with Gasteiger partial charge in [0.25, 0.3) is 0 Å². The molecule has 4 nitrogen and oxygen atoms in total. The molecule has 1 aromatic carbocycles. The van der Waals surface area contributed by atoms with E-state index in [0.717, 1.165) is 12.1 Å². The van der Waals surface area contributed by atoms with Gasteiger partial charge in [-0.05, 0) is 19.1 Å². The molecule has 0 saturated heterocycles. The minimum atomic E-state index is 0.516. The fraction of sp³-hybridized carbons (Fsp3) is 0.286. The molecule has 0 fully saturated rings. The summed E-state index contributed by atoms with van der Waals surface area (Å²) < 4.78 is 10.8. The highest BCUT2D eigenvalue weighted by Gasteiger charge is 2.07. The summed E-state index contributed by atoms with van der Waals surface area (Å²) in [5.74, 6) is 1.24. The normalized spacial score (nSPS) is 9.95. The lowest BCUT2D eigenvalue weighted by atomic mass is 10.2. The lowest BCUT2D eigenvalue weighted by Crippen LogP contribution is -2.02. The number of hydrogen-bond acceptors (Lipinski definition) is 5. The average Bonchev–Trinajstić information content (AvgIpc) is 2.84. The lowest BCUT2D eigenvalue weighted by molar-refractivity contribution is 0.318. The van der Waals surface area contributed by atoms with Crippen LogP contribution in [0.15, 0.2) is 23.7 Å². The molecule has 0 aliphatic heterocycles. The van der Waals surface area contributed by atoms with E-state index in [1.54, 1.807) is 36.6 Å². The van der Waals surface area contributed by atoms with Crippen LogP contribution in [-0.2, 0) is 6.42 Å². The molecule has 0 saturated carbocycles. The number of rotatable bonds is 5. The summed E-state index contributed by atoms with van der Waals surface area (Å²) in [5.41, 5.74) is 3.39. The van der Waals surface area contributed by atoms with Crippen molar-refractivity contribution in [3.8, 4) is 17.6 Å². The van der Waals surface area contributed by atoms with Gasteiger partial charge in [0.05, 0.1) is 30.5 Å². The van der Waals surface area contributed by atoms with Gasteiger partial charge in [-0.25, -0.2) is 4.98 Å². The third kappa shape index (κ3) is 3.24. The summed E-state index contributed by atoms with van der Waals surface area (Å²) >= 11 is 1.62. The van der Waals surface area contributed by atoms with E-state index in [2.05, 4.69) is 11.1 Å². The van der Waals surface area contributed by atoms with E-state index >= 15 is 0 Å². The zero-order chi connectivity index (χ0) is 13.7. The van der Waals surface area contributed by atoms with Crippen LogP contribution >= 0.6 is 11.3 Å². The monoisotopic (exact) mass is 274 g/mol. The summed E-state index contributed by atoms with van der Waals surface area (Å²) in [6, 6.07) is 7.30. The topological polar surface area (TPSA) is 55.1 Å². The van der Waals surface area contributed by atoms with Gasteiger partial charge in [0.1, 0.15) is 17.6 Å². The molecular formula is C14H14N2O2S. The highest BCUT2D eigenvalue weighted by Crippen LogP contribution is 2.24. The Morgan fingerprint density at radius 3 is 2.89 bits per heavy atom. The largest absolute Gasteiger partial charge is 0.497 e. The number of thiazole rings is 1. The predicted molar refractivity (Wildman–Crippen MR) is 73.8 cm³/mol. The Kier molecular flexibility index (Phi) is 4.37. The van der Waals surface area contributed by atoms with Gasteiger partial charge in [0.15, 0.2) is 0 Å². The highest BCUT2D eigenvalue weighted by atomic mass is 32.1. The maximum Gasteiger partial charge on any atom is 0.140 e. The van der Waals surface area contributed by atoms with Crippen LogP contribution in [0.1, 0.15) is 16.1 Å². The SMILES string of the molecule is COc1ccc(C#N)c(OCCc2scnc2C)c1. The van der Waals surface area contributed by atoms with E-state index in [-0.39, 0.29) is 0 Å². The molecule has 0 spiro atoms. The number of aryl methyl sites for hydroxylation is 1. The van der Waals surface area contributed by atoms with Crippen LogP contribution in [0.5, 0.6) is 11.5 Å². The molecule has 0 bridgehead atoms. The Balaban J connectivity index is 2.03. The molecule has 0 radical (unpaired) electrons. The number of ether oxygens (including phenoxy) is 2. The van der Waals surface area contributed by atoms with E-state index in [1.165, 1.54) is 4.88 Å². The highest BCUT2D eigenvalue weighted by molar-refractivity contribution is 7.09. The van der Waals surface area contributed by atoms with Crippen molar-refractivity contribution >= 4 is 11.3 Å². The van der Waals surface area contributed by atoms with Gasteiger partial charge in [-0.3, -0.25) is 0 Å². The van der Waals surface area contributed by atoms with E-state index in [9.17, 15) is 0 Å². The maximum absolute atomic E-state index is 9.03. The van der Waals surface area contributed by atoms with E-state index in [4.69, 9.17) is 14.7 Å². The Hall–Kier alpha value is -2.06. The molecule has 98 valence electrons. The number of hydrogen-bond donors (Lipinski definition) is 0. The first-order valence-corrected chi connectivity index (χ1v) is 6.72. The third-order valence-electron chi connectivity index (χ3n) is 2.74. The van der Waals surface area contributed by atoms with Gasteiger partial charge < -0.3 is 9.47 Å². The molecule has 0 N–H and O–H groups in total. The molecule has 2 aromatic rings. The van der Waals surface area contributed by atoms with Crippen LogP contribution in [0, 0.1) is 18.3 Å². The standard InChI is InChI=1S/C14H14N2O2S/c1-10-14(19-9-16-10)5-6-18-13-7-12(17-2)4-3-11(13)8-15/h3-4,7,9H,5-6H2,1-2H3. The fourth-order valence-corrected chi connectivity index (χ4v) is 2.42. The Morgan fingerprint density at radius 2 is 2.26 bits per heavy atom. The molecule has 0 amide bonds. The predicted octanol–water partition coefficient (Wildman–Crippen LogP) is 2.95. The molecule has 0 unspecified atom stereocenters. The fourth-order valence-electron chi connectivity index (χ4n) is 1.66. The van der Waals surface area contributed by atoms with Crippen molar-refractivity contribution in [1.82, 2.24) is 4.98 Å². The minimum Gasteiger partial charge on any atom is -0.497 e. The zero-order valence-electron chi connectivity index (χ0n) is 10.8. The Morgan fingerprint density at radius 1 is 1.42 bits per heavy atom. The Bertz CT molecular complexity index is 602. The molecule has 0 atom stereocenters. The first-order chi connectivity index (χ1) is 9.24. The second kappa shape index (κ2) is 6.21. The second-order valence-corrected chi connectivity index (χ2v) is 4.87. The van der Waals surface area contributed by atoms with Crippen molar-refractivity contribution in [2.45, 2.75) is 13.3 Å². The molecular weight excluding hydrogens is 260 g/mol. The summed E-state index contributed by atoms with van der Waals surface area (Å²) in [6.07, 6.45) is 0.790. The molecule has 19 heavy (non-hydrogen) atoms. The Labute approximate surface area is 116 Å². The van der Waals surface area contributed by atoms with Crippen molar-refractivity contribution in [3.63, 3.8) is 0 Å². The van der Waals surface area contributed by atoms with Crippen LogP contribution in [0.2, 0.25) is 0 Å². The van der Waals surface area contributed by atoms with Gasteiger partial charge in [-0.1, -0.05) is 0 Å². The van der Waals surface area contributed by atoms with Gasteiger partial charge in [-0.2, -0.15) is 5.26 Å². The third-order valence-corrected chi connectivity index (χ3v) is 3.74. The number of methoxy groups -OCH3 is 1.